The second-order valence-corrected chi connectivity index (χ2v) is 7.22. The molecule has 1 aromatic carbocycles. The maximum Gasteiger partial charge on any atom is 0.0730 e. The highest BCUT2D eigenvalue weighted by Gasteiger charge is 2.31. The van der Waals surface area contributed by atoms with Crippen molar-refractivity contribution in [2.45, 2.75) is 44.2 Å². The minimum Gasteiger partial charge on any atom is -0.379 e. The zero-order valence-corrected chi connectivity index (χ0v) is 15.0. The van der Waals surface area contributed by atoms with Gasteiger partial charge in [-0.25, -0.2) is 0 Å². The molecule has 3 rings (SSSR count). The molecule has 3 nitrogen and oxygen atoms in total. The zero-order valence-electron chi connectivity index (χ0n) is 13.5. The predicted octanol–water partition coefficient (Wildman–Crippen LogP) is 4.20. The van der Waals surface area contributed by atoms with Crippen molar-refractivity contribution in [3.63, 3.8) is 0 Å². The van der Waals surface area contributed by atoms with Crippen LogP contribution in [0.15, 0.2) is 18.2 Å². The van der Waals surface area contributed by atoms with Crippen molar-refractivity contribution in [2.75, 3.05) is 32.9 Å². The normalized spacial score (nSPS) is 26.3. The monoisotopic (exact) mass is 357 g/mol. The highest BCUT2D eigenvalue weighted by Crippen LogP contribution is 2.27. The van der Waals surface area contributed by atoms with E-state index in [0.717, 1.165) is 39.3 Å². The van der Waals surface area contributed by atoms with E-state index in [4.69, 9.17) is 32.7 Å². The molecule has 1 heterocycles. The van der Waals surface area contributed by atoms with Gasteiger partial charge in [0.2, 0.25) is 0 Å². The molecule has 1 saturated heterocycles. The Kier molecular flexibility index (Phi) is 6.61. The van der Waals surface area contributed by atoms with Crippen LogP contribution < -0.4 is 0 Å². The summed E-state index contributed by atoms with van der Waals surface area (Å²) in [4.78, 5) is 2.56. The van der Waals surface area contributed by atoms with Crippen molar-refractivity contribution in [1.82, 2.24) is 4.90 Å². The molecule has 0 N–H and O–H groups in total. The third-order valence-corrected chi connectivity index (χ3v) is 5.63. The Labute approximate surface area is 148 Å². The Morgan fingerprint density at radius 3 is 2.65 bits per heavy atom. The van der Waals surface area contributed by atoms with Gasteiger partial charge in [-0.2, -0.15) is 0 Å². The van der Waals surface area contributed by atoms with Crippen LogP contribution in [0.25, 0.3) is 0 Å². The first kappa shape index (κ1) is 17.5. The third kappa shape index (κ3) is 4.83. The first-order chi connectivity index (χ1) is 11.2. The lowest BCUT2D eigenvalue weighted by Crippen LogP contribution is -2.51. The first-order valence-corrected chi connectivity index (χ1v) is 9.37. The predicted molar refractivity (Wildman–Crippen MR) is 94.6 cm³/mol. The van der Waals surface area contributed by atoms with Gasteiger partial charge in [0, 0.05) is 19.1 Å². The van der Waals surface area contributed by atoms with Crippen molar-refractivity contribution < 1.29 is 9.47 Å². The second kappa shape index (κ2) is 8.68. The van der Waals surface area contributed by atoms with Crippen molar-refractivity contribution in [2.24, 2.45) is 0 Å². The second-order valence-electron chi connectivity index (χ2n) is 6.41. The van der Waals surface area contributed by atoms with Crippen LogP contribution in [0, 0.1) is 0 Å². The molecule has 1 saturated carbocycles. The van der Waals surface area contributed by atoms with Gasteiger partial charge in [0.05, 0.1) is 36.0 Å². The number of nitrogens with zero attached hydrogens (tertiary/aromatic N) is 1. The van der Waals surface area contributed by atoms with Gasteiger partial charge in [-0.3, -0.25) is 4.90 Å². The van der Waals surface area contributed by atoms with Crippen LogP contribution in [0.5, 0.6) is 0 Å². The fourth-order valence-corrected chi connectivity index (χ4v) is 3.94. The molecule has 0 amide bonds. The van der Waals surface area contributed by atoms with Crippen LogP contribution in [-0.4, -0.2) is 50.0 Å². The number of hydrogen-bond acceptors (Lipinski definition) is 3. The van der Waals surface area contributed by atoms with Gasteiger partial charge in [0.1, 0.15) is 0 Å². The van der Waals surface area contributed by atoms with Gasteiger partial charge < -0.3 is 9.47 Å². The standard InChI is InChI=1S/C18H25Cl2NO2/c19-15-6-5-14(13-16(15)20)7-10-23-18-4-2-1-3-17(18)21-8-11-22-12-9-21/h5-6,13,17-18H,1-4,7-12H2/t17-,18+/m0/s1. The minimum absolute atomic E-state index is 0.352. The fourth-order valence-electron chi connectivity index (χ4n) is 3.62. The molecule has 0 spiro atoms. The summed E-state index contributed by atoms with van der Waals surface area (Å²) in [6.45, 7) is 4.52. The molecule has 1 aliphatic carbocycles. The smallest absolute Gasteiger partial charge is 0.0730 e. The summed E-state index contributed by atoms with van der Waals surface area (Å²) in [5.74, 6) is 0. The Balaban J connectivity index is 1.51. The Morgan fingerprint density at radius 2 is 1.87 bits per heavy atom. The van der Waals surface area contributed by atoms with E-state index >= 15 is 0 Å². The van der Waals surface area contributed by atoms with Crippen LogP contribution in [0.1, 0.15) is 31.2 Å². The lowest BCUT2D eigenvalue weighted by Gasteiger charge is -2.41. The number of rotatable bonds is 5. The molecule has 2 fully saturated rings. The van der Waals surface area contributed by atoms with Crippen LogP contribution in [-0.2, 0) is 15.9 Å². The van der Waals surface area contributed by atoms with Crippen molar-refractivity contribution in [3.05, 3.63) is 33.8 Å². The number of hydrogen-bond donors (Lipinski definition) is 0. The lowest BCUT2D eigenvalue weighted by molar-refractivity contribution is -0.0647. The van der Waals surface area contributed by atoms with E-state index in [9.17, 15) is 0 Å². The van der Waals surface area contributed by atoms with Crippen LogP contribution in [0.3, 0.4) is 0 Å². The Hall–Kier alpha value is -0.320. The van der Waals surface area contributed by atoms with Gasteiger partial charge in [0.15, 0.2) is 0 Å². The Morgan fingerprint density at radius 1 is 1.09 bits per heavy atom. The Bertz CT molecular complexity index is 506. The van der Waals surface area contributed by atoms with E-state index in [-0.39, 0.29) is 0 Å². The number of halogens is 2. The molecule has 0 aromatic heterocycles. The van der Waals surface area contributed by atoms with E-state index < -0.39 is 0 Å². The van der Waals surface area contributed by atoms with Crippen molar-refractivity contribution >= 4 is 23.2 Å². The van der Waals surface area contributed by atoms with Crippen LogP contribution in [0.2, 0.25) is 10.0 Å². The summed E-state index contributed by atoms with van der Waals surface area (Å²) in [7, 11) is 0. The minimum atomic E-state index is 0.352. The molecule has 23 heavy (non-hydrogen) atoms. The molecule has 2 aliphatic rings. The number of ether oxygens (including phenoxy) is 2. The molecule has 2 atom stereocenters. The SMILES string of the molecule is Clc1ccc(CCO[C@@H]2CCCC[C@@H]2N2CCOCC2)cc1Cl. The highest BCUT2D eigenvalue weighted by atomic mass is 35.5. The lowest BCUT2D eigenvalue weighted by atomic mass is 9.91. The summed E-state index contributed by atoms with van der Waals surface area (Å²) in [5, 5.41) is 1.23. The summed E-state index contributed by atoms with van der Waals surface area (Å²) in [6, 6.07) is 6.38. The average Bonchev–Trinajstić information content (AvgIpc) is 2.59. The molecular weight excluding hydrogens is 333 g/mol. The average molecular weight is 358 g/mol. The fraction of sp³-hybridized carbons (Fsp3) is 0.667. The third-order valence-electron chi connectivity index (χ3n) is 4.89. The van der Waals surface area contributed by atoms with Gasteiger partial charge in [-0.1, -0.05) is 42.1 Å². The molecule has 0 bridgehead atoms. The molecule has 5 heteroatoms. The van der Waals surface area contributed by atoms with Crippen molar-refractivity contribution in [3.8, 4) is 0 Å². The molecule has 0 radical (unpaired) electrons. The maximum atomic E-state index is 6.26. The number of morpholine rings is 1. The topological polar surface area (TPSA) is 21.7 Å². The molecule has 128 valence electrons. The summed E-state index contributed by atoms with van der Waals surface area (Å²) < 4.78 is 11.7. The van der Waals surface area contributed by atoms with Crippen molar-refractivity contribution in [1.29, 1.82) is 0 Å². The van der Waals surface area contributed by atoms with E-state index in [1.807, 2.05) is 18.2 Å². The quantitative estimate of drug-likeness (QED) is 0.788. The zero-order chi connectivity index (χ0) is 16.1. The van der Waals surface area contributed by atoms with Gasteiger partial charge in [-0.05, 0) is 37.0 Å². The molecular formula is C18H25Cl2NO2. The van der Waals surface area contributed by atoms with E-state index in [1.165, 1.54) is 31.2 Å². The summed E-state index contributed by atoms with van der Waals surface area (Å²) in [6.07, 6.45) is 6.24. The van der Waals surface area contributed by atoms with Gasteiger partial charge >= 0.3 is 0 Å². The molecule has 1 aromatic rings. The highest BCUT2D eigenvalue weighted by molar-refractivity contribution is 6.42. The van der Waals surface area contributed by atoms with E-state index in [2.05, 4.69) is 4.90 Å². The van der Waals surface area contributed by atoms with Crippen LogP contribution >= 0.6 is 23.2 Å². The van der Waals surface area contributed by atoms with Gasteiger partial charge in [-0.15, -0.1) is 0 Å². The van der Waals surface area contributed by atoms with E-state index in [1.54, 1.807) is 0 Å². The molecule has 0 unspecified atom stereocenters. The first-order valence-electron chi connectivity index (χ1n) is 8.61. The largest absolute Gasteiger partial charge is 0.379 e. The summed E-state index contributed by atoms with van der Waals surface area (Å²) in [5.41, 5.74) is 1.18. The van der Waals surface area contributed by atoms with Gasteiger partial charge in [0.25, 0.3) is 0 Å². The number of benzene rings is 1. The van der Waals surface area contributed by atoms with E-state index in [0.29, 0.717) is 22.2 Å². The maximum absolute atomic E-state index is 6.26. The van der Waals surface area contributed by atoms with Crippen LogP contribution in [0.4, 0.5) is 0 Å². The molecule has 1 aliphatic heterocycles. The summed E-state index contributed by atoms with van der Waals surface area (Å²) >= 11 is 12.0.